The topological polar surface area (TPSA) is 102 Å². The van der Waals surface area contributed by atoms with Gasteiger partial charge in [-0.1, -0.05) is 0 Å². The normalized spacial score (nSPS) is 19.5. The predicted molar refractivity (Wildman–Crippen MR) is 108 cm³/mol. The first-order chi connectivity index (χ1) is 14.5. The van der Waals surface area contributed by atoms with Crippen LogP contribution in [-0.2, 0) is 0 Å². The Hall–Kier alpha value is -3.43. The molecule has 0 aromatic carbocycles. The molecule has 3 aromatic rings. The Morgan fingerprint density at radius 1 is 1.30 bits per heavy atom. The third-order valence-corrected chi connectivity index (χ3v) is 5.69. The van der Waals surface area contributed by atoms with Crippen molar-refractivity contribution < 1.29 is 13.9 Å². The van der Waals surface area contributed by atoms with Crippen molar-refractivity contribution in [1.29, 1.82) is 0 Å². The summed E-state index contributed by atoms with van der Waals surface area (Å²) in [6.07, 6.45) is 5.25. The van der Waals surface area contributed by atoms with Gasteiger partial charge in [0.05, 0.1) is 18.8 Å². The Balaban J connectivity index is 1.68. The van der Waals surface area contributed by atoms with E-state index in [2.05, 4.69) is 15.0 Å². The molecule has 0 radical (unpaired) electrons. The summed E-state index contributed by atoms with van der Waals surface area (Å²) in [6, 6.07) is 3.20. The van der Waals surface area contributed by atoms with Gasteiger partial charge in [0.15, 0.2) is 11.5 Å². The van der Waals surface area contributed by atoms with Gasteiger partial charge in [-0.3, -0.25) is 4.79 Å². The number of nitrogen functional groups attached to an aromatic ring is 1. The van der Waals surface area contributed by atoms with Crippen molar-refractivity contribution in [2.24, 2.45) is 0 Å². The summed E-state index contributed by atoms with van der Waals surface area (Å²) in [4.78, 5) is 25.6. The quantitative estimate of drug-likeness (QED) is 0.604. The third-order valence-electron chi connectivity index (χ3n) is 5.69. The summed E-state index contributed by atoms with van der Waals surface area (Å²) in [5, 5.41) is 4.25. The second-order valence-electron chi connectivity index (χ2n) is 7.64. The van der Waals surface area contributed by atoms with E-state index in [4.69, 9.17) is 15.5 Å². The van der Waals surface area contributed by atoms with E-state index in [1.165, 1.54) is 16.8 Å². The second kappa shape index (κ2) is 7.12. The molecule has 156 valence electrons. The lowest BCUT2D eigenvalue weighted by Gasteiger charge is -2.27. The molecule has 3 aromatic heterocycles. The molecule has 30 heavy (non-hydrogen) atoms. The maximum absolute atomic E-state index is 14.1. The average molecular weight is 411 g/mol. The molecular weight excluding hydrogens is 389 g/mol. The number of ether oxygens (including phenoxy) is 1. The Morgan fingerprint density at radius 2 is 2.17 bits per heavy atom. The Labute approximate surface area is 172 Å². The van der Waals surface area contributed by atoms with Gasteiger partial charge in [-0.15, -0.1) is 5.10 Å². The molecule has 0 spiro atoms. The van der Waals surface area contributed by atoms with Crippen LogP contribution in [0, 0.1) is 5.82 Å². The van der Waals surface area contributed by atoms with Crippen LogP contribution < -0.4 is 15.4 Å². The van der Waals surface area contributed by atoms with Crippen LogP contribution in [0.5, 0.6) is 5.88 Å². The van der Waals surface area contributed by atoms with Crippen LogP contribution in [0.15, 0.2) is 24.5 Å². The Bertz CT molecular complexity index is 1130. The SMILES string of the molecule is CN1CCCOc2ncc(F)cc2C2CCCN2c2ccn3nc(N)c(c3n2)C1=O. The van der Waals surface area contributed by atoms with Crippen LogP contribution in [0.4, 0.5) is 16.0 Å². The highest BCUT2D eigenvalue weighted by Crippen LogP contribution is 2.39. The lowest BCUT2D eigenvalue weighted by atomic mass is 10.1. The van der Waals surface area contributed by atoms with E-state index in [1.54, 1.807) is 18.1 Å². The Kier molecular flexibility index (Phi) is 4.41. The van der Waals surface area contributed by atoms with Crippen LogP contribution in [0.3, 0.4) is 0 Å². The zero-order valence-corrected chi connectivity index (χ0v) is 16.6. The average Bonchev–Trinajstić information content (AvgIpc) is 3.34. The number of hydrogen-bond donors (Lipinski definition) is 1. The fourth-order valence-electron chi connectivity index (χ4n) is 4.23. The van der Waals surface area contributed by atoms with Crippen LogP contribution >= 0.6 is 0 Å². The number of carbonyl (C=O) groups is 1. The summed E-state index contributed by atoms with van der Waals surface area (Å²) < 4.78 is 21.5. The summed E-state index contributed by atoms with van der Waals surface area (Å²) in [5.74, 6) is 0.616. The van der Waals surface area contributed by atoms with E-state index >= 15 is 0 Å². The van der Waals surface area contributed by atoms with Crippen molar-refractivity contribution in [1.82, 2.24) is 24.5 Å². The first kappa shape index (κ1) is 18.6. The number of halogens is 1. The van der Waals surface area contributed by atoms with Crippen LogP contribution in [0.1, 0.15) is 41.2 Å². The smallest absolute Gasteiger partial charge is 0.261 e. The second-order valence-corrected chi connectivity index (χ2v) is 7.64. The summed E-state index contributed by atoms with van der Waals surface area (Å²) in [7, 11) is 1.71. The van der Waals surface area contributed by atoms with Crippen LogP contribution in [0.25, 0.3) is 5.65 Å². The molecule has 9 nitrogen and oxygen atoms in total. The highest BCUT2D eigenvalue weighted by molar-refractivity contribution is 6.04. The predicted octanol–water partition coefficient (Wildman–Crippen LogP) is 2.04. The zero-order valence-electron chi connectivity index (χ0n) is 16.6. The van der Waals surface area contributed by atoms with Crippen molar-refractivity contribution >= 4 is 23.2 Å². The summed E-state index contributed by atoms with van der Waals surface area (Å²) >= 11 is 0. The standard InChI is InChI=1S/C20H22FN7O2/c1-26-6-3-9-30-19-13(10-12(21)11-23-19)14-4-2-7-27(14)15-5-8-28-18(24-15)16(20(26)29)17(22)25-28/h5,8,10-11,14H,2-4,6-7,9H2,1H3,(H2,22,25). The number of nitrogens with zero attached hydrogens (tertiary/aromatic N) is 6. The maximum atomic E-state index is 14.1. The van der Waals surface area contributed by atoms with Gasteiger partial charge >= 0.3 is 0 Å². The lowest BCUT2D eigenvalue weighted by Crippen LogP contribution is -2.30. The highest BCUT2D eigenvalue weighted by Gasteiger charge is 2.32. The minimum atomic E-state index is -0.398. The number of amides is 1. The molecule has 1 unspecified atom stereocenters. The largest absolute Gasteiger partial charge is 0.477 e. The van der Waals surface area contributed by atoms with E-state index < -0.39 is 5.82 Å². The molecule has 2 aliphatic rings. The monoisotopic (exact) mass is 411 g/mol. The summed E-state index contributed by atoms with van der Waals surface area (Å²) in [5.41, 5.74) is 7.48. The molecule has 1 amide bonds. The van der Waals surface area contributed by atoms with Crippen LogP contribution in [0.2, 0.25) is 0 Å². The Morgan fingerprint density at radius 3 is 3.03 bits per heavy atom. The molecule has 1 atom stereocenters. The highest BCUT2D eigenvalue weighted by atomic mass is 19.1. The number of rotatable bonds is 0. The van der Waals surface area contributed by atoms with Crippen molar-refractivity contribution in [3.05, 3.63) is 41.5 Å². The van der Waals surface area contributed by atoms with Gasteiger partial charge < -0.3 is 20.3 Å². The third kappa shape index (κ3) is 2.99. The lowest BCUT2D eigenvalue weighted by molar-refractivity contribution is 0.0790. The van der Waals surface area contributed by atoms with Gasteiger partial charge in [0.2, 0.25) is 5.88 Å². The number of nitrogens with two attached hydrogens (primary N) is 1. The number of aromatic nitrogens is 4. The van der Waals surface area contributed by atoms with Crippen molar-refractivity contribution in [2.75, 3.05) is 37.4 Å². The molecule has 2 aliphatic heterocycles. The zero-order chi connectivity index (χ0) is 20.8. The number of pyridine rings is 1. The van der Waals surface area contributed by atoms with E-state index in [-0.39, 0.29) is 17.8 Å². The van der Waals surface area contributed by atoms with Crippen molar-refractivity contribution in [2.45, 2.75) is 25.3 Å². The molecule has 10 heteroatoms. The van der Waals surface area contributed by atoms with E-state index in [1.807, 2.05) is 6.07 Å². The van der Waals surface area contributed by atoms with E-state index in [0.717, 1.165) is 19.4 Å². The van der Waals surface area contributed by atoms with Gasteiger partial charge in [-0.25, -0.2) is 18.9 Å². The van der Waals surface area contributed by atoms with E-state index in [9.17, 15) is 9.18 Å². The molecule has 2 bridgehead atoms. The molecule has 1 saturated heterocycles. The van der Waals surface area contributed by atoms with Gasteiger partial charge in [0, 0.05) is 31.9 Å². The molecule has 2 N–H and O–H groups in total. The van der Waals surface area contributed by atoms with E-state index in [0.29, 0.717) is 48.0 Å². The minimum Gasteiger partial charge on any atom is -0.477 e. The molecule has 1 fully saturated rings. The maximum Gasteiger partial charge on any atom is 0.261 e. The molecular formula is C20H22FN7O2. The molecule has 0 saturated carbocycles. The van der Waals surface area contributed by atoms with Crippen LogP contribution in [-0.4, -0.2) is 57.1 Å². The van der Waals surface area contributed by atoms with Gasteiger partial charge in [0.25, 0.3) is 5.91 Å². The minimum absolute atomic E-state index is 0.122. The van der Waals surface area contributed by atoms with Crippen molar-refractivity contribution in [3.8, 4) is 5.88 Å². The summed E-state index contributed by atoms with van der Waals surface area (Å²) in [6.45, 7) is 1.57. The number of carbonyl (C=O) groups excluding carboxylic acids is 1. The molecule has 0 aliphatic carbocycles. The molecule has 5 heterocycles. The fourth-order valence-corrected chi connectivity index (χ4v) is 4.23. The van der Waals surface area contributed by atoms with Gasteiger partial charge in [0.1, 0.15) is 17.2 Å². The number of anilines is 2. The molecule has 5 rings (SSSR count). The first-order valence-corrected chi connectivity index (χ1v) is 9.98. The number of hydrogen-bond acceptors (Lipinski definition) is 7. The first-order valence-electron chi connectivity index (χ1n) is 9.98. The number of fused-ring (bicyclic) bond motifs is 5. The fraction of sp³-hybridized carbons (Fsp3) is 0.400. The van der Waals surface area contributed by atoms with Gasteiger partial charge in [-0.05, 0) is 31.4 Å². The van der Waals surface area contributed by atoms with Gasteiger partial charge in [-0.2, -0.15) is 0 Å². The van der Waals surface area contributed by atoms with Crippen molar-refractivity contribution in [3.63, 3.8) is 0 Å².